The Morgan fingerprint density at radius 1 is 1.21 bits per heavy atom. The second-order valence-electron chi connectivity index (χ2n) is 5.08. The van der Waals surface area contributed by atoms with E-state index in [0.717, 1.165) is 18.4 Å². The number of hydrogen-bond donors (Lipinski definition) is 0. The van der Waals surface area contributed by atoms with Crippen molar-refractivity contribution in [1.29, 1.82) is 0 Å². The van der Waals surface area contributed by atoms with Crippen molar-refractivity contribution in [3.8, 4) is 17.2 Å². The van der Waals surface area contributed by atoms with E-state index in [1.165, 1.54) is 20.4 Å². The van der Waals surface area contributed by atoms with Gasteiger partial charge >= 0.3 is 5.97 Å². The molecule has 5 heteroatoms. The summed E-state index contributed by atoms with van der Waals surface area (Å²) in [6, 6.07) is 6.92. The normalized spacial score (nSPS) is 10.6. The van der Waals surface area contributed by atoms with Gasteiger partial charge in [-0.2, -0.15) is 0 Å². The van der Waals surface area contributed by atoms with E-state index in [1.807, 2.05) is 6.08 Å². The number of carbonyl (C=O) groups is 1. The van der Waals surface area contributed by atoms with Gasteiger partial charge in [-0.15, -0.1) is 0 Å². The molecule has 0 aliphatic heterocycles. The number of esters is 1. The first kappa shape index (κ1) is 17.5. The van der Waals surface area contributed by atoms with Crippen molar-refractivity contribution >= 4 is 12.0 Å². The van der Waals surface area contributed by atoms with Crippen molar-refractivity contribution < 1.29 is 19.0 Å². The van der Waals surface area contributed by atoms with Crippen LogP contribution in [0.5, 0.6) is 17.2 Å². The molecule has 0 saturated heterocycles. The number of rotatable bonds is 7. The zero-order valence-corrected chi connectivity index (χ0v) is 14.1. The minimum atomic E-state index is -0.519. The fraction of sp³-hybridized carbons (Fsp3) is 0.263. The van der Waals surface area contributed by atoms with Gasteiger partial charge in [0.1, 0.15) is 0 Å². The van der Waals surface area contributed by atoms with Gasteiger partial charge in [0.05, 0.1) is 19.8 Å². The van der Waals surface area contributed by atoms with Crippen LogP contribution in [-0.2, 0) is 0 Å². The molecule has 0 aliphatic carbocycles. The number of pyridine rings is 1. The summed E-state index contributed by atoms with van der Waals surface area (Å²) in [6.07, 6.45) is 9.17. The summed E-state index contributed by atoms with van der Waals surface area (Å²) in [5.74, 6) is 0.598. The van der Waals surface area contributed by atoms with E-state index in [2.05, 4.69) is 18.0 Å². The molecule has 0 N–H and O–H groups in total. The van der Waals surface area contributed by atoms with E-state index >= 15 is 0 Å². The molecule has 0 radical (unpaired) electrons. The lowest BCUT2D eigenvalue weighted by Crippen LogP contribution is -2.10. The molecule has 0 atom stereocenters. The van der Waals surface area contributed by atoms with E-state index in [1.54, 1.807) is 30.5 Å². The molecule has 1 aromatic heterocycles. The lowest BCUT2D eigenvalue weighted by molar-refractivity contribution is 0.0724. The van der Waals surface area contributed by atoms with Crippen molar-refractivity contribution in [1.82, 2.24) is 4.98 Å². The fourth-order valence-corrected chi connectivity index (χ4v) is 2.12. The number of hydrogen-bond acceptors (Lipinski definition) is 5. The number of methoxy groups -OCH3 is 2. The standard InChI is InChI=1S/C19H21NO4/c1-4-5-6-8-14-11-16(22-2)18(17(12-14)23-3)24-19(21)15-9-7-10-20-13-15/h6-13H,4-5H2,1-3H3/b8-6+. The van der Waals surface area contributed by atoms with Gasteiger partial charge in [0.25, 0.3) is 0 Å². The first-order valence-electron chi connectivity index (χ1n) is 7.74. The predicted molar refractivity (Wildman–Crippen MR) is 92.7 cm³/mol. The van der Waals surface area contributed by atoms with Gasteiger partial charge in [-0.05, 0) is 36.2 Å². The van der Waals surface area contributed by atoms with Crippen molar-refractivity contribution in [2.75, 3.05) is 14.2 Å². The lowest BCUT2D eigenvalue weighted by Gasteiger charge is -2.14. The van der Waals surface area contributed by atoms with Crippen LogP contribution < -0.4 is 14.2 Å². The van der Waals surface area contributed by atoms with E-state index in [-0.39, 0.29) is 5.75 Å². The van der Waals surface area contributed by atoms with E-state index < -0.39 is 5.97 Å². The van der Waals surface area contributed by atoms with Crippen molar-refractivity contribution in [3.05, 3.63) is 53.9 Å². The Labute approximate surface area is 141 Å². The van der Waals surface area contributed by atoms with Gasteiger partial charge in [-0.25, -0.2) is 4.79 Å². The third-order valence-electron chi connectivity index (χ3n) is 3.34. The number of ether oxygens (including phenoxy) is 3. The predicted octanol–water partition coefficient (Wildman–Crippen LogP) is 4.13. The third-order valence-corrected chi connectivity index (χ3v) is 3.34. The molecule has 24 heavy (non-hydrogen) atoms. The topological polar surface area (TPSA) is 57.7 Å². The first-order chi connectivity index (χ1) is 11.7. The van der Waals surface area contributed by atoms with Crippen LogP contribution >= 0.6 is 0 Å². The Morgan fingerprint density at radius 2 is 1.92 bits per heavy atom. The maximum absolute atomic E-state index is 12.3. The van der Waals surface area contributed by atoms with Gasteiger partial charge in [0.15, 0.2) is 11.5 Å². The first-order valence-corrected chi connectivity index (χ1v) is 7.74. The van der Waals surface area contributed by atoms with Crippen LogP contribution in [-0.4, -0.2) is 25.2 Å². The van der Waals surface area contributed by atoms with Crippen LogP contribution in [0.2, 0.25) is 0 Å². The molecule has 2 aromatic rings. The summed E-state index contributed by atoms with van der Waals surface area (Å²) in [7, 11) is 3.05. The highest BCUT2D eigenvalue weighted by Gasteiger charge is 2.18. The maximum atomic E-state index is 12.3. The Morgan fingerprint density at radius 3 is 2.46 bits per heavy atom. The molecule has 0 saturated carbocycles. The molecule has 0 amide bonds. The Balaban J connectivity index is 2.33. The average molecular weight is 327 g/mol. The Kier molecular flexibility index (Phi) is 6.37. The Hall–Kier alpha value is -2.82. The van der Waals surface area contributed by atoms with E-state index in [0.29, 0.717) is 17.1 Å². The molecular formula is C19H21NO4. The van der Waals surface area contributed by atoms with Crippen LogP contribution in [0.3, 0.4) is 0 Å². The van der Waals surface area contributed by atoms with Gasteiger partial charge in [-0.1, -0.05) is 25.5 Å². The van der Waals surface area contributed by atoms with Gasteiger partial charge in [0.2, 0.25) is 5.75 Å². The van der Waals surface area contributed by atoms with Crippen LogP contribution in [0.1, 0.15) is 35.7 Å². The smallest absolute Gasteiger partial charge is 0.345 e. The molecule has 0 unspecified atom stereocenters. The molecule has 0 fully saturated rings. The highest BCUT2D eigenvalue weighted by atomic mass is 16.6. The zero-order valence-electron chi connectivity index (χ0n) is 14.1. The molecule has 126 valence electrons. The highest BCUT2D eigenvalue weighted by Crippen LogP contribution is 2.39. The summed E-state index contributed by atoms with van der Waals surface area (Å²) < 4.78 is 16.2. The quantitative estimate of drug-likeness (QED) is 0.565. The molecule has 1 heterocycles. The molecule has 0 spiro atoms. The second kappa shape index (κ2) is 8.72. The number of unbranched alkanes of at least 4 members (excludes halogenated alkanes) is 1. The zero-order chi connectivity index (χ0) is 17.4. The molecule has 2 rings (SSSR count). The average Bonchev–Trinajstić information content (AvgIpc) is 2.63. The number of aromatic nitrogens is 1. The minimum Gasteiger partial charge on any atom is -0.493 e. The second-order valence-corrected chi connectivity index (χ2v) is 5.08. The highest BCUT2D eigenvalue weighted by molar-refractivity contribution is 5.91. The molecule has 0 bridgehead atoms. The molecular weight excluding hydrogens is 306 g/mol. The van der Waals surface area contributed by atoms with E-state index in [4.69, 9.17) is 14.2 Å². The number of allylic oxidation sites excluding steroid dienone is 1. The summed E-state index contributed by atoms with van der Waals surface area (Å²) in [4.78, 5) is 16.2. The van der Waals surface area contributed by atoms with Crippen LogP contribution in [0, 0.1) is 0 Å². The van der Waals surface area contributed by atoms with Gasteiger partial charge in [-0.3, -0.25) is 4.98 Å². The summed E-state index contributed by atoms with van der Waals surface area (Å²) >= 11 is 0. The van der Waals surface area contributed by atoms with Crippen LogP contribution in [0.25, 0.3) is 6.08 Å². The number of nitrogens with zero attached hydrogens (tertiary/aromatic N) is 1. The van der Waals surface area contributed by atoms with Crippen molar-refractivity contribution in [2.45, 2.75) is 19.8 Å². The van der Waals surface area contributed by atoms with Gasteiger partial charge in [0, 0.05) is 12.4 Å². The van der Waals surface area contributed by atoms with Crippen molar-refractivity contribution in [2.24, 2.45) is 0 Å². The van der Waals surface area contributed by atoms with Crippen LogP contribution in [0.15, 0.2) is 42.7 Å². The summed E-state index contributed by atoms with van der Waals surface area (Å²) in [5, 5.41) is 0. The SMILES string of the molecule is CCC/C=C/c1cc(OC)c(OC(=O)c2cccnc2)c(OC)c1. The number of carbonyl (C=O) groups excluding carboxylic acids is 1. The molecule has 1 aromatic carbocycles. The maximum Gasteiger partial charge on any atom is 0.345 e. The molecule has 0 aliphatic rings. The summed E-state index contributed by atoms with van der Waals surface area (Å²) in [6.45, 7) is 2.12. The molecule has 5 nitrogen and oxygen atoms in total. The minimum absolute atomic E-state index is 0.251. The van der Waals surface area contributed by atoms with Crippen molar-refractivity contribution in [3.63, 3.8) is 0 Å². The fourth-order valence-electron chi connectivity index (χ4n) is 2.12. The monoisotopic (exact) mass is 327 g/mol. The number of benzene rings is 1. The summed E-state index contributed by atoms with van der Waals surface area (Å²) in [5.41, 5.74) is 1.27. The van der Waals surface area contributed by atoms with Crippen LogP contribution in [0.4, 0.5) is 0 Å². The lowest BCUT2D eigenvalue weighted by atomic mass is 10.1. The third kappa shape index (κ3) is 4.35. The van der Waals surface area contributed by atoms with Gasteiger partial charge < -0.3 is 14.2 Å². The Bertz CT molecular complexity index is 686. The largest absolute Gasteiger partial charge is 0.493 e. The van der Waals surface area contributed by atoms with E-state index in [9.17, 15) is 4.79 Å².